The zero-order chi connectivity index (χ0) is 11.0. The van der Waals surface area contributed by atoms with Crippen molar-refractivity contribution in [2.45, 2.75) is 45.1 Å². The second-order valence-electron chi connectivity index (χ2n) is 4.28. The van der Waals surface area contributed by atoms with E-state index in [1.54, 1.807) is 0 Å². The van der Waals surface area contributed by atoms with Crippen molar-refractivity contribution in [1.82, 2.24) is 4.90 Å². The first kappa shape index (κ1) is 13.9. The van der Waals surface area contributed by atoms with E-state index in [1.807, 2.05) is 6.92 Å². The molecule has 3 nitrogen and oxygen atoms in total. The number of hydrogen-bond donors (Lipinski definition) is 2. The molecule has 0 saturated heterocycles. The van der Waals surface area contributed by atoms with Crippen molar-refractivity contribution in [3.63, 3.8) is 0 Å². The van der Waals surface area contributed by atoms with Crippen LogP contribution in [0.5, 0.6) is 0 Å². The van der Waals surface area contributed by atoms with Crippen LogP contribution in [0.2, 0.25) is 0 Å². The average Bonchev–Trinajstić information content (AvgIpc) is 2.18. The Morgan fingerprint density at radius 1 is 1.29 bits per heavy atom. The second kappa shape index (κ2) is 7.21. The predicted octanol–water partition coefficient (Wildman–Crippen LogP) is 1.21. The summed E-state index contributed by atoms with van der Waals surface area (Å²) in [4.78, 5) is 2.31. The number of aliphatic hydroxyl groups is 1. The molecule has 0 aliphatic rings. The SMILES string of the molecule is CCCN(C)CCCC(N)(CC)CO. The molecule has 0 bridgehead atoms. The van der Waals surface area contributed by atoms with E-state index >= 15 is 0 Å². The third-order valence-electron chi connectivity index (χ3n) is 2.84. The van der Waals surface area contributed by atoms with Crippen LogP contribution in [0.3, 0.4) is 0 Å². The van der Waals surface area contributed by atoms with Gasteiger partial charge in [-0.05, 0) is 45.8 Å². The van der Waals surface area contributed by atoms with Crippen LogP contribution in [-0.2, 0) is 0 Å². The Morgan fingerprint density at radius 2 is 1.93 bits per heavy atom. The van der Waals surface area contributed by atoms with Gasteiger partial charge in [0.25, 0.3) is 0 Å². The normalized spacial score (nSPS) is 15.9. The molecule has 0 heterocycles. The Kier molecular flexibility index (Phi) is 7.15. The zero-order valence-electron chi connectivity index (χ0n) is 9.92. The van der Waals surface area contributed by atoms with Crippen LogP contribution in [0.15, 0.2) is 0 Å². The van der Waals surface area contributed by atoms with Crippen molar-refractivity contribution >= 4 is 0 Å². The van der Waals surface area contributed by atoms with Crippen LogP contribution in [0.1, 0.15) is 39.5 Å². The first-order chi connectivity index (χ1) is 6.58. The van der Waals surface area contributed by atoms with Gasteiger partial charge in [-0.2, -0.15) is 0 Å². The van der Waals surface area contributed by atoms with E-state index in [-0.39, 0.29) is 12.1 Å². The quantitative estimate of drug-likeness (QED) is 0.622. The molecule has 0 aromatic carbocycles. The lowest BCUT2D eigenvalue weighted by Gasteiger charge is -2.26. The van der Waals surface area contributed by atoms with Gasteiger partial charge < -0.3 is 15.7 Å². The molecule has 3 N–H and O–H groups in total. The van der Waals surface area contributed by atoms with E-state index in [0.29, 0.717) is 0 Å². The number of nitrogens with zero attached hydrogens (tertiary/aromatic N) is 1. The van der Waals surface area contributed by atoms with Crippen LogP contribution in [-0.4, -0.2) is 42.3 Å². The lowest BCUT2D eigenvalue weighted by molar-refractivity contribution is 0.175. The fraction of sp³-hybridized carbons (Fsp3) is 1.00. The highest BCUT2D eigenvalue weighted by Crippen LogP contribution is 2.13. The molecule has 0 aromatic heterocycles. The minimum absolute atomic E-state index is 0.0982. The molecule has 1 atom stereocenters. The monoisotopic (exact) mass is 202 g/mol. The molecule has 86 valence electrons. The van der Waals surface area contributed by atoms with Crippen molar-refractivity contribution in [3.05, 3.63) is 0 Å². The summed E-state index contributed by atoms with van der Waals surface area (Å²) in [6, 6.07) is 0. The lowest BCUT2D eigenvalue weighted by Crippen LogP contribution is -2.43. The molecule has 14 heavy (non-hydrogen) atoms. The van der Waals surface area contributed by atoms with Crippen molar-refractivity contribution in [2.75, 3.05) is 26.7 Å². The van der Waals surface area contributed by atoms with Gasteiger partial charge in [-0.3, -0.25) is 0 Å². The molecular formula is C11H26N2O. The first-order valence-electron chi connectivity index (χ1n) is 5.66. The Morgan fingerprint density at radius 3 is 2.36 bits per heavy atom. The van der Waals surface area contributed by atoms with Crippen LogP contribution in [0.4, 0.5) is 0 Å². The summed E-state index contributed by atoms with van der Waals surface area (Å²) in [7, 11) is 2.13. The first-order valence-corrected chi connectivity index (χ1v) is 5.66. The summed E-state index contributed by atoms with van der Waals surface area (Å²) in [5.74, 6) is 0. The molecule has 0 aliphatic heterocycles. The second-order valence-corrected chi connectivity index (χ2v) is 4.28. The maximum absolute atomic E-state index is 9.12. The highest BCUT2D eigenvalue weighted by Gasteiger charge is 2.20. The molecular weight excluding hydrogens is 176 g/mol. The van der Waals surface area contributed by atoms with E-state index in [2.05, 4.69) is 18.9 Å². The highest BCUT2D eigenvalue weighted by molar-refractivity contribution is 4.81. The van der Waals surface area contributed by atoms with Gasteiger partial charge in [-0.1, -0.05) is 13.8 Å². The number of rotatable bonds is 8. The molecule has 3 heteroatoms. The van der Waals surface area contributed by atoms with Crippen LogP contribution in [0, 0.1) is 0 Å². The molecule has 0 radical (unpaired) electrons. The maximum Gasteiger partial charge on any atom is 0.0611 e. The van der Waals surface area contributed by atoms with E-state index in [9.17, 15) is 0 Å². The van der Waals surface area contributed by atoms with Gasteiger partial charge in [-0.15, -0.1) is 0 Å². The third-order valence-corrected chi connectivity index (χ3v) is 2.84. The minimum Gasteiger partial charge on any atom is -0.394 e. The summed E-state index contributed by atoms with van der Waals surface area (Å²) < 4.78 is 0. The molecule has 0 aliphatic carbocycles. The van der Waals surface area contributed by atoms with Gasteiger partial charge >= 0.3 is 0 Å². The van der Waals surface area contributed by atoms with E-state index in [1.165, 1.54) is 6.42 Å². The number of hydrogen-bond acceptors (Lipinski definition) is 3. The van der Waals surface area contributed by atoms with Gasteiger partial charge in [0.1, 0.15) is 0 Å². The van der Waals surface area contributed by atoms with Crippen molar-refractivity contribution in [3.8, 4) is 0 Å². The summed E-state index contributed by atoms with van der Waals surface area (Å²) in [6.07, 6.45) is 4.02. The molecule has 0 amide bonds. The molecule has 0 rings (SSSR count). The van der Waals surface area contributed by atoms with Crippen LogP contribution in [0.25, 0.3) is 0 Å². The third kappa shape index (κ3) is 5.58. The molecule has 1 unspecified atom stereocenters. The Hall–Kier alpha value is -0.120. The van der Waals surface area contributed by atoms with Gasteiger partial charge in [0.15, 0.2) is 0 Å². The Labute approximate surface area is 88.3 Å². The lowest BCUT2D eigenvalue weighted by atomic mass is 9.92. The van der Waals surface area contributed by atoms with Crippen LogP contribution < -0.4 is 5.73 Å². The van der Waals surface area contributed by atoms with E-state index in [0.717, 1.165) is 32.4 Å². The summed E-state index contributed by atoms with van der Waals surface area (Å²) >= 11 is 0. The summed E-state index contributed by atoms with van der Waals surface area (Å²) in [5, 5.41) is 9.12. The minimum atomic E-state index is -0.354. The van der Waals surface area contributed by atoms with Gasteiger partial charge in [0.2, 0.25) is 0 Å². The van der Waals surface area contributed by atoms with Crippen LogP contribution >= 0.6 is 0 Å². The van der Waals surface area contributed by atoms with Gasteiger partial charge in [0.05, 0.1) is 6.61 Å². The summed E-state index contributed by atoms with van der Waals surface area (Å²) in [6.45, 7) is 6.53. The standard InChI is InChI=1S/C11H26N2O/c1-4-8-13(3)9-6-7-11(12,5-2)10-14/h14H,4-10,12H2,1-3H3. The number of nitrogens with two attached hydrogens (primary N) is 1. The predicted molar refractivity (Wildman–Crippen MR) is 61.3 cm³/mol. The maximum atomic E-state index is 9.12. The summed E-state index contributed by atoms with van der Waals surface area (Å²) in [5.41, 5.74) is 5.63. The number of aliphatic hydroxyl groups excluding tert-OH is 1. The largest absolute Gasteiger partial charge is 0.394 e. The molecule has 0 aromatic rings. The van der Waals surface area contributed by atoms with E-state index < -0.39 is 0 Å². The topological polar surface area (TPSA) is 49.5 Å². The smallest absolute Gasteiger partial charge is 0.0611 e. The van der Waals surface area contributed by atoms with Crippen molar-refractivity contribution in [1.29, 1.82) is 0 Å². The van der Waals surface area contributed by atoms with Gasteiger partial charge in [-0.25, -0.2) is 0 Å². The average molecular weight is 202 g/mol. The van der Waals surface area contributed by atoms with E-state index in [4.69, 9.17) is 10.8 Å². The zero-order valence-corrected chi connectivity index (χ0v) is 9.92. The Bertz CT molecular complexity index is 135. The Balaban J connectivity index is 3.61. The van der Waals surface area contributed by atoms with Gasteiger partial charge in [0, 0.05) is 5.54 Å². The highest BCUT2D eigenvalue weighted by atomic mass is 16.3. The molecule has 0 spiro atoms. The fourth-order valence-corrected chi connectivity index (χ4v) is 1.56. The fourth-order valence-electron chi connectivity index (χ4n) is 1.56. The van der Waals surface area contributed by atoms with Crippen molar-refractivity contribution in [2.24, 2.45) is 5.73 Å². The molecule has 0 fully saturated rings. The molecule has 0 saturated carbocycles. The van der Waals surface area contributed by atoms with Crippen molar-refractivity contribution < 1.29 is 5.11 Å².